The fourth-order valence-corrected chi connectivity index (χ4v) is 6.05. The van der Waals surface area contributed by atoms with Gasteiger partial charge in [0.1, 0.15) is 16.5 Å². The Labute approximate surface area is 199 Å². The molecular weight excluding hydrogens is 458 g/mol. The number of carbonyl (C=O) groups is 2. The average molecular weight is 488 g/mol. The van der Waals surface area contributed by atoms with Gasteiger partial charge in [-0.1, -0.05) is 0 Å². The Morgan fingerprint density at radius 3 is 2.53 bits per heavy atom. The third-order valence-electron chi connectivity index (χ3n) is 6.26. The van der Waals surface area contributed by atoms with E-state index < -0.39 is 15.9 Å². The third-order valence-corrected chi connectivity index (χ3v) is 8.18. The van der Waals surface area contributed by atoms with Crippen molar-refractivity contribution in [3.8, 4) is 5.75 Å². The molecule has 2 aromatic rings. The molecule has 1 aromatic carbocycles. The van der Waals surface area contributed by atoms with Crippen LogP contribution in [0.5, 0.6) is 5.75 Å². The van der Waals surface area contributed by atoms with Gasteiger partial charge in [-0.25, -0.2) is 13.4 Å². The average Bonchev–Trinajstić information content (AvgIpc) is 3.40. The lowest BCUT2D eigenvalue weighted by atomic mass is 9.97. The van der Waals surface area contributed by atoms with Crippen LogP contribution in [0.4, 0.5) is 11.5 Å². The highest BCUT2D eigenvalue weighted by Gasteiger charge is 2.31. The van der Waals surface area contributed by atoms with Crippen LogP contribution in [-0.2, 0) is 14.8 Å². The van der Waals surface area contributed by atoms with E-state index in [2.05, 4.69) is 10.3 Å². The molecule has 0 saturated carbocycles. The van der Waals surface area contributed by atoms with E-state index >= 15 is 0 Å². The predicted molar refractivity (Wildman–Crippen MR) is 127 cm³/mol. The third kappa shape index (κ3) is 5.00. The molecule has 2 saturated heterocycles. The highest BCUT2D eigenvalue weighted by molar-refractivity contribution is 7.89. The van der Waals surface area contributed by atoms with E-state index in [4.69, 9.17) is 10.5 Å². The first kappa shape index (κ1) is 24.0. The van der Waals surface area contributed by atoms with Crippen LogP contribution in [0, 0.1) is 5.92 Å². The minimum absolute atomic E-state index is 0.0212. The van der Waals surface area contributed by atoms with Crippen molar-refractivity contribution < 1.29 is 22.7 Å². The van der Waals surface area contributed by atoms with Crippen LogP contribution in [0.3, 0.4) is 0 Å². The standard InChI is InChI=1S/C23H29N5O5S/c1-33-19-8-6-16(13-20(19)34(31,32)28-11-2-3-12-28)23(30)26-18-7-9-21(25-14-18)27-10-4-5-17(15-27)22(24)29/h6-9,13-14,17H,2-5,10-12,15H2,1H3,(H2,24,29)(H,26,30). The molecular formula is C23H29N5O5S. The van der Waals surface area contributed by atoms with Gasteiger partial charge in [0.05, 0.1) is 24.9 Å². The maximum atomic E-state index is 13.1. The van der Waals surface area contributed by atoms with Crippen molar-refractivity contribution >= 4 is 33.3 Å². The van der Waals surface area contributed by atoms with E-state index in [0.29, 0.717) is 31.1 Å². The summed E-state index contributed by atoms with van der Waals surface area (Å²) in [4.78, 5) is 30.8. The van der Waals surface area contributed by atoms with Crippen molar-refractivity contribution in [3.05, 3.63) is 42.1 Å². The largest absolute Gasteiger partial charge is 0.495 e. The lowest BCUT2D eigenvalue weighted by molar-refractivity contribution is -0.122. The number of nitrogens with one attached hydrogen (secondary N) is 1. The molecule has 3 heterocycles. The van der Waals surface area contributed by atoms with Gasteiger partial charge in [0.25, 0.3) is 5.91 Å². The van der Waals surface area contributed by atoms with Gasteiger partial charge in [0.15, 0.2) is 0 Å². The predicted octanol–water partition coefficient (Wildman–Crippen LogP) is 1.83. The minimum Gasteiger partial charge on any atom is -0.495 e. The number of methoxy groups -OCH3 is 1. The molecule has 1 aromatic heterocycles. The molecule has 11 heteroatoms. The first-order valence-corrected chi connectivity index (χ1v) is 12.7. The Kier molecular flexibility index (Phi) is 7.03. The zero-order valence-electron chi connectivity index (χ0n) is 19.1. The number of primary amides is 1. The first-order chi connectivity index (χ1) is 16.3. The number of sulfonamides is 1. The van der Waals surface area contributed by atoms with Crippen molar-refractivity contribution in [2.45, 2.75) is 30.6 Å². The number of ether oxygens (including phenoxy) is 1. The topological polar surface area (TPSA) is 135 Å². The maximum Gasteiger partial charge on any atom is 0.255 e. The molecule has 182 valence electrons. The van der Waals surface area contributed by atoms with Gasteiger partial charge in [-0.2, -0.15) is 4.31 Å². The first-order valence-electron chi connectivity index (χ1n) is 11.3. The summed E-state index contributed by atoms with van der Waals surface area (Å²) >= 11 is 0. The van der Waals surface area contributed by atoms with Crippen molar-refractivity contribution in [1.82, 2.24) is 9.29 Å². The van der Waals surface area contributed by atoms with Crippen LogP contribution in [-0.4, -0.2) is 62.8 Å². The smallest absolute Gasteiger partial charge is 0.255 e. The van der Waals surface area contributed by atoms with Crippen molar-refractivity contribution in [2.75, 3.05) is 43.5 Å². The Balaban J connectivity index is 1.49. The van der Waals surface area contributed by atoms with Crippen molar-refractivity contribution in [3.63, 3.8) is 0 Å². The quantitative estimate of drug-likeness (QED) is 0.608. The summed E-state index contributed by atoms with van der Waals surface area (Å²) in [6.07, 6.45) is 4.79. The van der Waals surface area contributed by atoms with Crippen LogP contribution >= 0.6 is 0 Å². The molecule has 0 radical (unpaired) electrons. The molecule has 1 atom stereocenters. The van der Waals surface area contributed by atoms with E-state index in [0.717, 1.165) is 32.2 Å². The second-order valence-corrected chi connectivity index (χ2v) is 10.4. The highest BCUT2D eigenvalue weighted by Crippen LogP contribution is 2.30. The Hall–Kier alpha value is -3.18. The van der Waals surface area contributed by atoms with Gasteiger partial charge in [-0.15, -0.1) is 0 Å². The lowest BCUT2D eigenvalue weighted by Gasteiger charge is -2.32. The molecule has 2 aliphatic rings. The van der Waals surface area contributed by atoms with Gasteiger partial charge in [-0.05, 0) is 56.0 Å². The fraction of sp³-hybridized carbons (Fsp3) is 0.435. The number of hydrogen-bond donors (Lipinski definition) is 2. The number of benzene rings is 1. The van der Waals surface area contributed by atoms with Crippen LogP contribution < -0.4 is 20.7 Å². The van der Waals surface area contributed by atoms with Gasteiger partial charge >= 0.3 is 0 Å². The van der Waals surface area contributed by atoms with Crippen LogP contribution in [0.25, 0.3) is 0 Å². The van der Waals surface area contributed by atoms with Gasteiger partial charge < -0.3 is 20.7 Å². The molecule has 34 heavy (non-hydrogen) atoms. The van der Waals surface area contributed by atoms with Crippen molar-refractivity contribution in [2.24, 2.45) is 11.7 Å². The molecule has 3 N–H and O–H groups in total. The summed E-state index contributed by atoms with van der Waals surface area (Å²) in [5.41, 5.74) is 6.12. The Bertz CT molecular complexity index is 1160. The van der Waals surface area contributed by atoms with E-state index in [-0.39, 0.29) is 28.0 Å². The zero-order chi connectivity index (χ0) is 24.3. The maximum absolute atomic E-state index is 13.1. The molecule has 4 rings (SSSR count). The number of anilines is 2. The summed E-state index contributed by atoms with van der Waals surface area (Å²) in [5, 5.41) is 2.76. The van der Waals surface area contributed by atoms with Gasteiger partial charge in [0, 0.05) is 31.7 Å². The van der Waals surface area contributed by atoms with E-state index in [1.165, 1.54) is 35.8 Å². The Morgan fingerprint density at radius 2 is 1.88 bits per heavy atom. The number of carbonyl (C=O) groups excluding carboxylic acids is 2. The molecule has 1 unspecified atom stereocenters. The Morgan fingerprint density at radius 1 is 1.12 bits per heavy atom. The number of aromatic nitrogens is 1. The summed E-state index contributed by atoms with van der Waals surface area (Å²) < 4.78 is 32.8. The number of rotatable bonds is 7. The van der Waals surface area contributed by atoms with E-state index in [1.54, 1.807) is 12.1 Å². The number of nitrogens with zero attached hydrogens (tertiary/aromatic N) is 3. The fourth-order valence-electron chi connectivity index (χ4n) is 4.35. The molecule has 2 fully saturated rings. The van der Waals surface area contributed by atoms with Gasteiger partial charge in [-0.3, -0.25) is 9.59 Å². The normalized spacial score (nSPS) is 19.1. The number of amides is 2. The summed E-state index contributed by atoms with van der Waals surface area (Å²) in [6, 6.07) is 7.86. The van der Waals surface area contributed by atoms with E-state index in [9.17, 15) is 18.0 Å². The molecule has 2 aliphatic heterocycles. The molecule has 2 amide bonds. The van der Waals surface area contributed by atoms with Crippen LogP contribution in [0.15, 0.2) is 41.4 Å². The lowest BCUT2D eigenvalue weighted by Crippen LogP contribution is -2.41. The number of nitrogens with two attached hydrogens (primary N) is 1. The van der Waals surface area contributed by atoms with Crippen molar-refractivity contribution in [1.29, 1.82) is 0 Å². The molecule has 0 bridgehead atoms. The monoisotopic (exact) mass is 487 g/mol. The van der Waals surface area contributed by atoms with E-state index in [1.807, 2.05) is 4.90 Å². The number of piperidine rings is 1. The summed E-state index contributed by atoms with van der Waals surface area (Å²) in [6.45, 7) is 2.21. The van der Waals surface area contributed by atoms with Crippen LogP contribution in [0.2, 0.25) is 0 Å². The van der Waals surface area contributed by atoms with Crippen LogP contribution in [0.1, 0.15) is 36.0 Å². The second kappa shape index (κ2) is 9.98. The molecule has 10 nitrogen and oxygen atoms in total. The number of hydrogen-bond acceptors (Lipinski definition) is 7. The SMILES string of the molecule is COc1ccc(C(=O)Nc2ccc(N3CCCC(C(N)=O)C3)nc2)cc1S(=O)(=O)N1CCCC1. The highest BCUT2D eigenvalue weighted by atomic mass is 32.2. The summed E-state index contributed by atoms with van der Waals surface area (Å²) in [5.74, 6) is -0.0604. The zero-order valence-corrected chi connectivity index (χ0v) is 19.9. The second-order valence-electron chi connectivity index (χ2n) is 8.52. The molecule has 0 aliphatic carbocycles. The summed E-state index contributed by atoms with van der Waals surface area (Å²) in [7, 11) is -2.36. The molecule has 0 spiro atoms. The number of pyridine rings is 1. The minimum atomic E-state index is -3.76. The van der Waals surface area contributed by atoms with Gasteiger partial charge in [0.2, 0.25) is 15.9 Å².